The lowest BCUT2D eigenvalue weighted by Crippen LogP contribution is -2.47. The number of aliphatic hydroxyl groups excluding tert-OH is 1. The normalized spacial score (nSPS) is 25.5. The van der Waals surface area contributed by atoms with Gasteiger partial charge in [0.15, 0.2) is 6.29 Å². The lowest BCUT2D eigenvalue weighted by Gasteiger charge is -2.32. The molecule has 40 heavy (non-hydrogen) atoms. The Morgan fingerprint density at radius 2 is 2.23 bits per heavy atom. The molecule has 1 aromatic carbocycles. The highest BCUT2D eigenvalue weighted by Gasteiger charge is 2.44. The predicted molar refractivity (Wildman–Crippen MR) is 152 cm³/mol. The zero-order chi connectivity index (χ0) is 28.6. The summed E-state index contributed by atoms with van der Waals surface area (Å²) in [5.41, 5.74) is 0. The zero-order valence-electron chi connectivity index (χ0n) is 22.8. The number of methoxy groups -OCH3 is 1. The summed E-state index contributed by atoms with van der Waals surface area (Å²) in [4.78, 5) is 27.0. The molecule has 0 aromatic heterocycles. The number of carbonyl (C=O) groups excluding carboxylic acids is 2. The van der Waals surface area contributed by atoms with Crippen molar-refractivity contribution < 1.29 is 38.4 Å². The van der Waals surface area contributed by atoms with E-state index in [0.717, 1.165) is 11.3 Å². The highest BCUT2D eigenvalue weighted by Crippen LogP contribution is 2.36. The molecule has 0 radical (unpaired) electrons. The third-order valence-corrected chi connectivity index (χ3v) is 9.03. The number of rotatable bonds is 14. The quantitative estimate of drug-likeness (QED) is 0.135. The fourth-order valence-corrected chi connectivity index (χ4v) is 6.53. The Bertz CT molecular complexity index is 1040. The second-order valence-corrected chi connectivity index (χ2v) is 11.9. The van der Waals surface area contributed by atoms with Gasteiger partial charge in [-0.3, -0.25) is 4.79 Å². The van der Waals surface area contributed by atoms with Crippen LogP contribution in [0.5, 0.6) is 11.5 Å². The molecule has 3 heterocycles. The maximum absolute atomic E-state index is 12.6. The number of ether oxygens (including phenoxy) is 5. The Hall–Kier alpha value is -2.03. The van der Waals surface area contributed by atoms with Crippen LogP contribution in [0.3, 0.4) is 0 Å². The van der Waals surface area contributed by atoms with E-state index in [1.54, 1.807) is 13.2 Å². The summed E-state index contributed by atoms with van der Waals surface area (Å²) < 4.78 is 29.8. The molecule has 3 fully saturated rings. The number of fused-ring (bicyclic) bond motifs is 1. The van der Waals surface area contributed by atoms with Crippen LogP contribution in [-0.2, 0) is 19.0 Å². The highest BCUT2D eigenvalue weighted by atomic mass is 79.9. The topological polar surface area (TPSA) is 119 Å². The molecule has 222 valence electrons. The Morgan fingerprint density at radius 1 is 1.40 bits per heavy atom. The SMILES string of the molecule is C=CCN1C(=O)CCC1CN(CC(O)C(Br)NC(=O)OC1COC2OCCC12)Sc1ccc(OC)cc1OCC. The Labute approximate surface area is 247 Å². The highest BCUT2D eigenvalue weighted by molar-refractivity contribution is 9.09. The molecule has 0 saturated carbocycles. The van der Waals surface area contributed by atoms with Crippen LogP contribution in [0.1, 0.15) is 26.2 Å². The van der Waals surface area contributed by atoms with E-state index in [1.165, 1.54) is 11.9 Å². The molecule has 2 amide bonds. The summed E-state index contributed by atoms with van der Waals surface area (Å²) in [5.74, 6) is 1.43. The Balaban J connectivity index is 1.42. The number of nitrogens with zero attached hydrogens (tertiary/aromatic N) is 2. The van der Waals surface area contributed by atoms with Gasteiger partial charge >= 0.3 is 6.09 Å². The lowest BCUT2D eigenvalue weighted by molar-refractivity contribution is -0.128. The molecular formula is C27H38BrN3O8S. The zero-order valence-corrected chi connectivity index (χ0v) is 25.2. The third kappa shape index (κ3) is 7.83. The number of hydrogen-bond acceptors (Lipinski definition) is 10. The molecule has 0 spiro atoms. The molecule has 6 unspecified atom stereocenters. The van der Waals surface area contributed by atoms with Crippen LogP contribution in [0.25, 0.3) is 0 Å². The molecule has 11 nitrogen and oxygen atoms in total. The summed E-state index contributed by atoms with van der Waals surface area (Å²) in [5, 5.41) is 13.8. The predicted octanol–water partition coefficient (Wildman–Crippen LogP) is 3.15. The summed E-state index contributed by atoms with van der Waals surface area (Å²) in [6.07, 6.45) is 1.32. The molecule has 3 aliphatic rings. The first kappa shape index (κ1) is 30.9. The average Bonchev–Trinajstić information content (AvgIpc) is 3.64. The number of halogens is 1. The van der Waals surface area contributed by atoms with E-state index in [9.17, 15) is 14.7 Å². The molecule has 4 rings (SSSR count). The second-order valence-electron chi connectivity index (χ2n) is 9.79. The monoisotopic (exact) mass is 643 g/mol. The average molecular weight is 645 g/mol. The van der Waals surface area contributed by atoms with E-state index in [0.29, 0.717) is 50.6 Å². The maximum Gasteiger partial charge on any atom is 0.408 e. The molecule has 2 N–H and O–H groups in total. The van der Waals surface area contributed by atoms with Crippen molar-refractivity contribution in [2.24, 2.45) is 5.92 Å². The van der Waals surface area contributed by atoms with Crippen molar-refractivity contribution in [2.75, 3.05) is 46.6 Å². The van der Waals surface area contributed by atoms with Gasteiger partial charge in [0.1, 0.15) is 22.6 Å². The van der Waals surface area contributed by atoms with Gasteiger partial charge in [0.25, 0.3) is 0 Å². The number of alkyl carbamates (subject to hydrolysis) is 1. The van der Waals surface area contributed by atoms with Gasteiger partial charge in [-0.15, -0.1) is 6.58 Å². The van der Waals surface area contributed by atoms with E-state index in [2.05, 4.69) is 27.8 Å². The minimum Gasteiger partial charge on any atom is -0.497 e. The van der Waals surface area contributed by atoms with Gasteiger partial charge in [0.2, 0.25) is 5.91 Å². The van der Waals surface area contributed by atoms with Crippen molar-refractivity contribution in [3.8, 4) is 11.5 Å². The van der Waals surface area contributed by atoms with E-state index in [1.807, 2.05) is 34.3 Å². The van der Waals surface area contributed by atoms with E-state index < -0.39 is 17.1 Å². The van der Waals surface area contributed by atoms with Gasteiger partial charge < -0.3 is 39.0 Å². The minimum absolute atomic E-state index is 0.0213. The minimum atomic E-state index is -0.999. The van der Waals surface area contributed by atoms with Crippen molar-refractivity contribution in [2.45, 2.75) is 60.6 Å². The van der Waals surface area contributed by atoms with Crippen LogP contribution in [-0.4, -0.2) is 102 Å². The Kier molecular flexibility index (Phi) is 11.4. The molecule has 3 aliphatic heterocycles. The first-order chi connectivity index (χ1) is 19.3. The first-order valence-corrected chi connectivity index (χ1v) is 15.2. The fraction of sp³-hybridized carbons (Fsp3) is 0.630. The number of alkyl halides is 1. The van der Waals surface area contributed by atoms with Crippen LogP contribution in [0.4, 0.5) is 4.79 Å². The molecule has 3 saturated heterocycles. The smallest absolute Gasteiger partial charge is 0.408 e. The van der Waals surface area contributed by atoms with Gasteiger partial charge in [0.05, 0.1) is 43.8 Å². The summed E-state index contributed by atoms with van der Waals surface area (Å²) >= 11 is 4.83. The van der Waals surface area contributed by atoms with E-state index in [4.69, 9.17) is 23.7 Å². The Morgan fingerprint density at radius 3 is 2.98 bits per heavy atom. The van der Waals surface area contributed by atoms with Crippen LogP contribution in [0.15, 0.2) is 35.7 Å². The van der Waals surface area contributed by atoms with Gasteiger partial charge in [-0.25, -0.2) is 9.10 Å². The van der Waals surface area contributed by atoms with Crippen LogP contribution in [0.2, 0.25) is 0 Å². The molecule has 13 heteroatoms. The van der Waals surface area contributed by atoms with Gasteiger partial charge in [0, 0.05) is 38.2 Å². The third-order valence-electron chi connectivity index (χ3n) is 7.10. The molecule has 1 aromatic rings. The molecule has 0 bridgehead atoms. The maximum atomic E-state index is 12.6. The largest absolute Gasteiger partial charge is 0.497 e. The van der Waals surface area contributed by atoms with Crippen molar-refractivity contribution in [3.05, 3.63) is 30.9 Å². The van der Waals surface area contributed by atoms with Crippen molar-refractivity contribution >= 4 is 39.9 Å². The van der Waals surface area contributed by atoms with Crippen LogP contribution < -0.4 is 14.8 Å². The lowest BCUT2D eigenvalue weighted by atomic mass is 10.0. The number of aliphatic hydroxyl groups is 1. The number of amides is 2. The molecular weight excluding hydrogens is 606 g/mol. The summed E-state index contributed by atoms with van der Waals surface area (Å²) in [7, 11) is 1.60. The molecule has 6 atom stereocenters. The molecule has 0 aliphatic carbocycles. The number of hydrogen-bond donors (Lipinski definition) is 2. The van der Waals surface area contributed by atoms with Crippen molar-refractivity contribution in [1.82, 2.24) is 14.5 Å². The van der Waals surface area contributed by atoms with E-state index in [-0.39, 0.29) is 43.4 Å². The van der Waals surface area contributed by atoms with Crippen molar-refractivity contribution in [3.63, 3.8) is 0 Å². The van der Waals surface area contributed by atoms with Gasteiger partial charge in [-0.05, 0) is 43.8 Å². The second kappa shape index (κ2) is 14.7. The van der Waals surface area contributed by atoms with Gasteiger partial charge in [-0.1, -0.05) is 22.0 Å². The standard InChI is InChI=1S/C27H38BrN3O8S/c1-4-11-31-17(6-9-24(31)33)14-30(40-23-8-7-18(35-3)13-21(23)36-5-2)15-20(32)25(28)29-27(34)39-22-16-38-26-19(22)10-12-37-26/h4,7-8,13,17,19-20,22,25-26,32H,1,5-6,9-12,14-16H2,2-3H3,(H,29,34). The number of nitrogens with one attached hydrogen (secondary N) is 1. The summed E-state index contributed by atoms with van der Waals surface area (Å²) in [6.45, 7) is 8.17. The number of benzene rings is 1. The first-order valence-electron chi connectivity index (χ1n) is 13.5. The number of likely N-dealkylation sites (tertiary alicyclic amines) is 1. The van der Waals surface area contributed by atoms with Crippen LogP contribution >= 0.6 is 27.9 Å². The van der Waals surface area contributed by atoms with E-state index >= 15 is 0 Å². The van der Waals surface area contributed by atoms with Gasteiger partial charge in [-0.2, -0.15) is 0 Å². The summed E-state index contributed by atoms with van der Waals surface area (Å²) in [6, 6.07) is 5.52. The number of carbonyl (C=O) groups is 2. The van der Waals surface area contributed by atoms with Crippen molar-refractivity contribution in [1.29, 1.82) is 0 Å². The van der Waals surface area contributed by atoms with Crippen LogP contribution in [0, 0.1) is 5.92 Å². The fourth-order valence-electron chi connectivity index (χ4n) is 5.08.